The van der Waals surface area contributed by atoms with Gasteiger partial charge >= 0.3 is 0 Å². The van der Waals surface area contributed by atoms with Crippen LogP contribution in [0.1, 0.15) is 32.1 Å². The summed E-state index contributed by atoms with van der Waals surface area (Å²) < 4.78 is 0. The molecule has 0 aromatic heterocycles. The highest BCUT2D eigenvalue weighted by Gasteiger charge is 2.51. The molecule has 5 nitrogen and oxygen atoms in total. The second-order valence-electron chi connectivity index (χ2n) is 6.96. The minimum Gasteiger partial charge on any atom is -0.324 e. The van der Waals surface area contributed by atoms with Crippen LogP contribution in [0.25, 0.3) is 0 Å². The molecule has 27 heavy (non-hydrogen) atoms. The molecule has 0 radical (unpaired) electrons. The van der Waals surface area contributed by atoms with E-state index in [2.05, 4.69) is 5.32 Å². The first-order chi connectivity index (χ1) is 12.9. The standard InChI is InChI=1S/C19H22Cl2N2O3S/c1-27-9-8-16(17(24)22-11-6-7-14(20)15(21)10-11)23-18(25)12-4-2-3-5-13(12)19(23)26/h6-7,10,12-13,16H,2-5,8-9H2,1H3,(H,22,24). The molecule has 1 aliphatic heterocycles. The number of halogens is 2. The Morgan fingerprint density at radius 1 is 1.19 bits per heavy atom. The van der Waals surface area contributed by atoms with Crippen molar-refractivity contribution in [2.24, 2.45) is 11.8 Å². The van der Waals surface area contributed by atoms with E-state index in [1.54, 1.807) is 30.0 Å². The van der Waals surface area contributed by atoms with Gasteiger partial charge in [-0.3, -0.25) is 19.3 Å². The molecule has 3 rings (SSSR count). The second-order valence-corrected chi connectivity index (χ2v) is 8.76. The number of benzene rings is 1. The van der Waals surface area contributed by atoms with Crippen LogP contribution in [0.2, 0.25) is 10.0 Å². The zero-order chi connectivity index (χ0) is 19.6. The van der Waals surface area contributed by atoms with Crippen molar-refractivity contribution in [2.75, 3.05) is 17.3 Å². The van der Waals surface area contributed by atoms with Crippen LogP contribution in [0, 0.1) is 11.8 Å². The zero-order valence-corrected chi connectivity index (χ0v) is 17.4. The van der Waals surface area contributed by atoms with Gasteiger partial charge in [0, 0.05) is 5.69 Å². The number of anilines is 1. The average Bonchev–Trinajstić information content (AvgIpc) is 2.90. The molecule has 0 spiro atoms. The molecular weight excluding hydrogens is 407 g/mol. The lowest BCUT2D eigenvalue weighted by molar-refractivity contribution is -0.146. The van der Waals surface area contributed by atoms with Crippen molar-refractivity contribution in [1.29, 1.82) is 0 Å². The van der Waals surface area contributed by atoms with Crippen LogP contribution in [-0.4, -0.2) is 40.7 Å². The number of hydrogen-bond acceptors (Lipinski definition) is 4. The van der Waals surface area contributed by atoms with Crippen molar-refractivity contribution in [3.05, 3.63) is 28.2 Å². The number of nitrogens with zero attached hydrogens (tertiary/aromatic N) is 1. The van der Waals surface area contributed by atoms with Gasteiger partial charge in [0.05, 0.1) is 21.9 Å². The van der Waals surface area contributed by atoms with Crippen molar-refractivity contribution in [2.45, 2.75) is 38.1 Å². The molecule has 1 saturated heterocycles. The van der Waals surface area contributed by atoms with Gasteiger partial charge in [0.15, 0.2) is 0 Å². The van der Waals surface area contributed by atoms with Crippen molar-refractivity contribution in [3.8, 4) is 0 Å². The quantitative estimate of drug-likeness (QED) is 0.688. The highest BCUT2D eigenvalue weighted by atomic mass is 35.5. The summed E-state index contributed by atoms with van der Waals surface area (Å²) in [6.07, 6.45) is 5.73. The van der Waals surface area contributed by atoms with E-state index in [4.69, 9.17) is 23.2 Å². The van der Waals surface area contributed by atoms with Gasteiger partial charge in [0.25, 0.3) is 0 Å². The Bertz CT molecular complexity index is 734. The molecule has 1 aromatic carbocycles. The summed E-state index contributed by atoms with van der Waals surface area (Å²) in [6, 6.07) is 3.99. The van der Waals surface area contributed by atoms with Gasteiger partial charge in [-0.1, -0.05) is 36.0 Å². The fraction of sp³-hybridized carbons (Fsp3) is 0.526. The third-order valence-corrected chi connectivity index (χ3v) is 6.66. The monoisotopic (exact) mass is 428 g/mol. The molecule has 146 valence electrons. The lowest BCUT2D eigenvalue weighted by atomic mass is 9.81. The van der Waals surface area contributed by atoms with E-state index >= 15 is 0 Å². The van der Waals surface area contributed by atoms with Gasteiger partial charge in [-0.25, -0.2) is 0 Å². The first-order valence-corrected chi connectivity index (χ1v) is 11.2. The molecule has 2 fully saturated rings. The van der Waals surface area contributed by atoms with Gasteiger partial charge in [0.1, 0.15) is 6.04 Å². The van der Waals surface area contributed by atoms with E-state index in [-0.39, 0.29) is 29.6 Å². The number of likely N-dealkylation sites (tertiary alicyclic amines) is 1. The van der Waals surface area contributed by atoms with Crippen LogP contribution in [-0.2, 0) is 14.4 Å². The Hall–Kier alpha value is -1.24. The summed E-state index contributed by atoms with van der Waals surface area (Å²) >= 11 is 13.5. The first-order valence-electron chi connectivity index (χ1n) is 9.05. The molecule has 1 saturated carbocycles. The summed E-state index contributed by atoms with van der Waals surface area (Å²) in [4.78, 5) is 40.0. The smallest absolute Gasteiger partial charge is 0.247 e. The molecule has 1 aromatic rings. The van der Waals surface area contributed by atoms with Crippen LogP contribution in [0.15, 0.2) is 18.2 Å². The average molecular weight is 429 g/mol. The van der Waals surface area contributed by atoms with Crippen molar-refractivity contribution < 1.29 is 14.4 Å². The molecule has 1 aliphatic carbocycles. The number of rotatable bonds is 6. The fourth-order valence-corrected chi connectivity index (χ4v) is 4.66. The Morgan fingerprint density at radius 2 is 1.81 bits per heavy atom. The highest BCUT2D eigenvalue weighted by molar-refractivity contribution is 7.98. The number of thioether (sulfide) groups is 1. The van der Waals surface area contributed by atoms with Gasteiger partial charge < -0.3 is 5.32 Å². The Labute approximate surface area is 173 Å². The summed E-state index contributed by atoms with van der Waals surface area (Å²) in [6.45, 7) is 0. The number of carbonyl (C=O) groups excluding carboxylic acids is 3. The minimum absolute atomic E-state index is 0.194. The van der Waals surface area contributed by atoms with Crippen LogP contribution in [0.3, 0.4) is 0 Å². The number of amides is 3. The maximum Gasteiger partial charge on any atom is 0.247 e. The second kappa shape index (κ2) is 8.84. The molecule has 1 heterocycles. The largest absolute Gasteiger partial charge is 0.324 e. The number of nitrogens with one attached hydrogen (secondary N) is 1. The predicted octanol–water partition coefficient (Wildman–Crippen LogP) is 4.23. The SMILES string of the molecule is CSCCC(C(=O)Nc1ccc(Cl)c(Cl)c1)N1C(=O)C2CCCCC2C1=O. The Kier molecular flexibility index (Phi) is 6.71. The van der Waals surface area contributed by atoms with Gasteiger partial charge in [-0.2, -0.15) is 11.8 Å². The van der Waals surface area contributed by atoms with Crippen molar-refractivity contribution in [3.63, 3.8) is 0 Å². The normalized spacial score (nSPS) is 23.3. The van der Waals surface area contributed by atoms with Crippen LogP contribution in [0.4, 0.5) is 5.69 Å². The molecule has 3 amide bonds. The highest BCUT2D eigenvalue weighted by Crippen LogP contribution is 2.39. The van der Waals surface area contributed by atoms with Gasteiger partial charge in [-0.15, -0.1) is 0 Å². The Morgan fingerprint density at radius 3 is 2.37 bits per heavy atom. The number of carbonyl (C=O) groups is 3. The van der Waals surface area contributed by atoms with E-state index in [9.17, 15) is 14.4 Å². The summed E-state index contributed by atoms with van der Waals surface area (Å²) in [5.74, 6) is -0.615. The fourth-order valence-electron chi connectivity index (χ4n) is 3.90. The number of hydrogen-bond donors (Lipinski definition) is 1. The number of fused-ring (bicyclic) bond motifs is 1. The summed E-state index contributed by atoms with van der Waals surface area (Å²) in [5, 5.41) is 3.50. The topological polar surface area (TPSA) is 66.5 Å². The first kappa shape index (κ1) is 20.5. The van der Waals surface area contributed by atoms with E-state index in [0.29, 0.717) is 27.9 Å². The van der Waals surface area contributed by atoms with Crippen molar-refractivity contribution >= 4 is 58.4 Å². The molecule has 3 unspecified atom stereocenters. The van der Waals surface area contributed by atoms with Gasteiger partial charge in [0.2, 0.25) is 17.7 Å². The lowest BCUT2D eigenvalue weighted by Crippen LogP contribution is -2.48. The summed E-state index contributed by atoms with van der Waals surface area (Å²) in [7, 11) is 0. The van der Waals surface area contributed by atoms with Crippen LogP contribution in [0.5, 0.6) is 0 Å². The van der Waals surface area contributed by atoms with E-state index in [1.807, 2.05) is 6.26 Å². The van der Waals surface area contributed by atoms with E-state index < -0.39 is 6.04 Å². The molecular formula is C19H22Cl2N2O3S. The summed E-state index contributed by atoms with van der Waals surface area (Å²) in [5.41, 5.74) is 0.486. The third kappa shape index (κ3) is 4.28. The zero-order valence-electron chi connectivity index (χ0n) is 15.0. The van der Waals surface area contributed by atoms with E-state index in [0.717, 1.165) is 25.7 Å². The van der Waals surface area contributed by atoms with Gasteiger partial charge in [-0.05, 0) is 49.5 Å². The predicted molar refractivity (Wildman–Crippen MR) is 109 cm³/mol. The third-order valence-electron chi connectivity index (χ3n) is 5.27. The van der Waals surface area contributed by atoms with E-state index in [1.165, 1.54) is 4.90 Å². The van der Waals surface area contributed by atoms with Crippen LogP contribution >= 0.6 is 35.0 Å². The number of imide groups is 1. The van der Waals surface area contributed by atoms with Crippen molar-refractivity contribution in [1.82, 2.24) is 4.90 Å². The maximum absolute atomic E-state index is 13.0. The molecule has 0 bridgehead atoms. The molecule has 3 atom stereocenters. The molecule has 8 heteroatoms. The minimum atomic E-state index is -0.808. The lowest BCUT2D eigenvalue weighted by Gasteiger charge is -2.26. The molecule has 2 aliphatic rings. The Balaban J connectivity index is 1.82. The maximum atomic E-state index is 13.0. The molecule has 1 N–H and O–H groups in total. The van der Waals surface area contributed by atoms with Crippen LogP contribution < -0.4 is 5.32 Å².